The van der Waals surface area contributed by atoms with Crippen LogP contribution in [0.1, 0.15) is 12.5 Å². The van der Waals surface area contributed by atoms with Crippen LogP contribution in [0.5, 0.6) is 5.75 Å². The number of fused-ring (bicyclic) bond motifs is 1. The van der Waals surface area contributed by atoms with E-state index >= 15 is 0 Å². The van der Waals surface area contributed by atoms with E-state index in [-0.39, 0.29) is 0 Å². The number of dihydropyridines is 1. The molecule has 2 aliphatic heterocycles. The summed E-state index contributed by atoms with van der Waals surface area (Å²) in [6.45, 7) is 4.20. The highest BCUT2D eigenvalue weighted by molar-refractivity contribution is 5.87. The number of benzene rings is 1. The van der Waals surface area contributed by atoms with Gasteiger partial charge in [-0.15, -0.1) is 0 Å². The van der Waals surface area contributed by atoms with Gasteiger partial charge in [-0.05, 0) is 36.3 Å². The van der Waals surface area contributed by atoms with Crippen molar-refractivity contribution in [2.24, 2.45) is 5.73 Å². The molecule has 25 heavy (non-hydrogen) atoms. The topological polar surface area (TPSA) is 75.1 Å². The minimum absolute atomic E-state index is 0.648. The van der Waals surface area contributed by atoms with Crippen molar-refractivity contribution in [3.63, 3.8) is 0 Å². The van der Waals surface area contributed by atoms with Crippen LogP contribution in [0.4, 0.5) is 5.82 Å². The molecule has 0 atom stereocenters. The maximum absolute atomic E-state index is 5.81. The van der Waals surface area contributed by atoms with Crippen LogP contribution in [0.3, 0.4) is 0 Å². The zero-order chi connectivity index (χ0) is 17.2. The number of para-hydroxylation sites is 1. The van der Waals surface area contributed by atoms with Gasteiger partial charge in [-0.2, -0.15) is 0 Å². The summed E-state index contributed by atoms with van der Waals surface area (Å²) in [7, 11) is 0. The van der Waals surface area contributed by atoms with Gasteiger partial charge in [0.25, 0.3) is 0 Å². The third-order valence-electron chi connectivity index (χ3n) is 4.53. The molecule has 0 fully saturated rings. The molecule has 3 heterocycles. The maximum atomic E-state index is 5.81. The Kier molecular flexibility index (Phi) is 3.98. The monoisotopic (exact) mass is 334 g/mol. The van der Waals surface area contributed by atoms with Gasteiger partial charge in [0, 0.05) is 36.0 Å². The molecule has 0 saturated heterocycles. The van der Waals surface area contributed by atoms with Crippen molar-refractivity contribution in [3.8, 4) is 16.9 Å². The lowest BCUT2D eigenvalue weighted by Crippen LogP contribution is -2.27. The molecule has 5 nitrogen and oxygen atoms in total. The van der Waals surface area contributed by atoms with Gasteiger partial charge < -0.3 is 26.1 Å². The van der Waals surface area contributed by atoms with Crippen molar-refractivity contribution in [3.05, 3.63) is 65.1 Å². The van der Waals surface area contributed by atoms with Crippen LogP contribution in [0.2, 0.25) is 0 Å². The van der Waals surface area contributed by atoms with Crippen LogP contribution < -0.4 is 21.1 Å². The van der Waals surface area contributed by atoms with E-state index in [9.17, 15) is 0 Å². The van der Waals surface area contributed by atoms with E-state index in [1.807, 2.05) is 37.4 Å². The first-order valence-corrected chi connectivity index (χ1v) is 8.55. The Morgan fingerprint density at radius 3 is 2.68 bits per heavy atom. The second-order valence-corrected chi connectivity index (χ2v) is 6.11. The molecule has 1 aromatic carbocycles. The van der Waals surface area contributed by atoms with E-state index in [1.165, 1.54) is 11.1 Å². The van der Waals surface area contributed by atoms with Crippen molar-refractivity contribution in [1.82, 2.24) is 10.3 Å². The van der Waals surface area contributed by atoms with E-state index in [0.717, 1.165) is 41.3 Å². The fraction of sp³-hybridized carbons (Fsp3) is 0.200. The Balaban J connectivity index is 1.76. The molecule has 0 unspecified atom stereocenters. The molecule has 0 amide bonds. The quantitative estimate of drug-likeness (QED) is 0.692. The number of aromatic nitrogens is 1. The molecule has 2 aliphatic rings. The molecule has 5 N–H and O–H groups in total. The average Bonchev–Trinajstić information content (AvgIpc) is 3.06. The fourth-order valence-electron chi connectivity index (χ4n) is 3.27. The highest BCUT2D eigenvalue weighted by Gasteiger charge is 2.20. The molecule has 0 aliphatic carbocycles. The summed E-state index contributed by atoms with van der Waals surface area (Å²) in [4.78, 5) is 3.35. The Morgan fingerprint density at radius 2 is 1.88 bits per heavy atom. The van der Waals surface area contributed by atoms with Crippen LogP contribution in [-0.4, -0.2) is 24.7 Å². The standard InChI is InChI=1S/C20H22N4O/c1-2-25-18-6-4-3-5-15(18)17-12-24-20-16(17)9-14(11-23-20)13-7-8-19(21)22-10-13/h3-9,12,22-24H,2,10-11,21H2,1H3. The summed E-state index contributed by atoms with van der Waals surface area (Å²) in [5, 5.41) is 6.67. The number of allylic oxidation sites excluding steroid dienone is 2. The molecule has 2 aromatic rings. The van der Waals surface area contributed by atoms with Gasteiger partial charge in [0.2, 0.25) is 0 Å². The predicted molar refractivity (Wildman–Crippen MR) is 102 cm³/mol. The number of hydrogen-bond donors (Lipinski definition) is 4. The third-order valence-corrected chi connectivity index (χ3v) is 4.53. The van der Waals surface area contributed by atoms with Crippen molar-refractivity contribution in [2.75, 3.05) is 25.0 Å². The smallest absolute Gasteiger partial charge is 0.127 e. The number of nitrogens with one attached hydrogen (secondary N) is 3. The summed E-state index contributed by atoms with van der Waals surface area (Å²) in [6, 6.07) is 8.16. The molecule has 5 heteroatoms. The Morgan fingerprint density at radius 1 is 1.04 bits per heavy atom. The number of ether oxygens (including phenoxy) is 1. The lowest BCUT2D eigenvalue weighted by molar-refractivity contribution is 0.341. The van der Waals surface area contributed by atoms with Crippen LogP contribution in [0.15, 0.2) is 59.6 Å². The zero-order valence-electron chi connectivity index (χ0n) is 14.2. The Labute approximate surface area is 147 Å². The number of aromatic amines is 1. The largest absolute Gasteiger partial charge is 0.493 e. The van der Waals surface area contributed by atoms with Crippen LogP contribution in [0, 0.1) is 0 Å². The van der Waals surface area contributed by atoms with Crippen LogP contribution in [0.25, 0.3) is 17.2 Å². The highest BCUT2D eigenvalue weighted by Crippen LogP contribution is 2.38. The van der Waals surface area contributed by atoms with Gasteiger partial charge in [-0.25, -0.2) is 0 Å². The van der Waals surface area contributed by atoms with Gasteiger partial charge in [-0.3, -0.25) is 0 Å². The minimum Gasteiger partial charge on any atom is -0.493 e. The number of rotatable bonds is 4. The molecule has 0 spiro atoms. The van der Waals surface area contributed by atoms with E-state index in [2.05, 4.69) is 33.8 Å². The summed E-state index contributed by atoms with van der Waals surface area (Å²) in [6.07, 6.45) is 8.30. The second-order valence-electron chi connectivity index (χ2n) is 6.11. The van der Waals surface area contributed by atoms with Crippen molar-refractivity contribution >= 4 is 11.9 Å². The van der Waals surface area contributed by atoms with E-state index in [4.69, 9.17) is 10.5 Å². The Hall–Kier alpha value is -3.08. The Bertz CT molecular complexity index is 889. The molecule has 0 radical (unpaired) electrons. The molecule has 128 valence electrons. The van der Waals surface area contributed by atoms with Crippen LogP contribution in [-0.2, 0) is 0 Å². The molecular formula is C20H22N4O. The first kappa shape index (κ1) is 15.4. The fourth-order valence-corrected chi connectivity index (χ4v) is 3.27. The first-order chi connectivity index (χ1) is 12.3. The average molecular weight is 334 g/mol. The number of anilines is 1. The second kappa shape index (κ2) is 6.43. The van der Waals surface area contributed by atoms with Crippen molar-refractivity contribution in [1.29, 1.82) is 0 Å². The number of hydrogen-bond acceptors (Lipinski definition) is 4. The molecule has 4 rings (SSSR count). The first-order valence-electron chi connectivity index (χ1n) is 8.55. The lowest BCUT2D eigenvalue weighted by atomic mass is 9.95. The highest BCUT2D eigenvalue weighted by atomic mass is 16.5. The maximum Gasteiger partial charge on any atom is 0.127 e. The van der Waals surface area contributed by atoms with E-state index < -0.39 is 0 Å². The van der Waals surface area contributed by atoms with Gasteiger partial charge in [0.15, 0.2) is 0 Å². The molecule has 0 bridgehead atoms. The molecular weight excluding hydrogens is 312 g/mol. The van der Waals surface area contributed by atoms with Crippen LogP contribution >= 0.6 is 0 Å². The summed E-state index contributed by atoms with van der Waals surface area (Å²) in [5.41, 5.74) is 11.7. The number of H-pyrrole nitrogens is 1. The van der Waals surface area contributed by atoms with Crippen molar-refractivity contribution < 1.29 is 4.74 Å². The predicted octanol–water partition coefficient (Wildman–Crippen LogP) is 3.22. The summed E-state index contributed by atoms with van der Waals surface area (Å²) in [5.74, 6) is 2.66. The molecule has 1 aromatic heterocycles. The lowest BCUT2D eigenvalue weighted by Gasteiger charge is -2.22. The van der Waals surface area contributed by atoms with Gasteiger partial charge >= 0.3 is 0 Å². The van der Waals surface area contributed by atoms with Crippen molar-refractivity contribution in [2.45, 2.75) is 6.92 Å². The summed E-state index contributed by atoms with van der Waals surface area (Å²) >= 11 is 0. The van der Waals surface area contributed by atoms with Gasteiger partial charge in [0.05, 0.1) is 12.4 Å². The van der Waals surface area contributed by atoms with E-state index in [0.29, 0.717) is 12.4 Å². The number of nitrogens with two attached hydrogens (primary N) is 1. The minimum atomic E-state index is 0.648. The van der Waals surface area contributed by atoms with Gasteiger partial charge in [0.1, 0.15) is 11.6 Å². The summed E-state index contributed by atoms with van der Waals surface area (Å²) < 4.78 is 5.81. The zero-order valence-corrected chi connectivity index (χ0v) is 14.2. The van der Waals surface area contributed by atoms with E-state index in [1.54, 1.807) is 0 Å². The SMILES string of the molecule is CCOc1ccccc1-c1c[nH]c2c1C=C(C1=CC=C(N)NC1)CN2. The normalized spacial score (nSPS) is 16.0. The third kappa shape index (κ3) is 2.89. The molecule has 0 saturated carbocycles. The van der Waals surface area contributed by atoms with Gasteiger partial charge in [-0.1, -0.05) is 24.3 Å².